The number of thiol groups is 1. The van der Waals surface area contributed by atoms with Crippen molar-refractivity contribution in [2.24, 2.45) is 5.92 Å². The molecule has 0 aliphatic carbocycles. The topological polar surface area (TPSA) is 72.5 Å². The molecule has 5 nitrogen and oxygen atoms in total. The van der Waals surface area contributed by atoms with Crippen molar-refractivity contribution in [1.82, 2.24) is 5.32 Å². The molecule has 0 aromatic heterocycles. The zero-order valence-corrected chi connectivity index (χ0v) is 16.0. The van der Waals surface area contributed by atoms with Gasteiger partial charge in [-0.1, -0.05) is 50.8 Å². The molecule has 0 aliphatic rings. The van der Waals surface area contributed by atoms with Crippen LogP contribution >= 0.6 is 24.4 Å². The van der Waals surface area contributed by atoms with Gasteiger partial charge in [-0.15, -0.1) is 0 Å². The average molecular weight is 364 g/mol. The first-order valence-corrected chi connectivity index (χ1v) is 9.70. The van der Waals surface area contributed by atoms with Gasteiger partial charge in [-0.3, -0.25) is 9.59 Å². The van der Waals surface area contributed by atoms with Crippen molar-refractivity contribution in [3.05, 3.63) is 0 Å². The minimum absolute atomic E-state index is 0.00695. The maximum atomic E-state index is 12.4. The van der Waals surface area contributed by atoms with Crippen molar-refractivity contribution in [2.45, 2.75) is 58.4 Å². The normalized spacial score (nSPS) is 13.2. The van der Waals surface area contributed by atoms with Crippen LogP contribution in [0.1, 0.15) is 52.4 Å². The summed E-state index contributed by atoms with van der Waals surface area (Å²) in [7, 11) is 1.28. The molecule has 0 radical (unpaired) electrons. The summed E-state index contributed by atoms with van der Waals surface area (Å²) >= 11 is 5.22. The first-order chi connectivity index (χ1) is 11.0. The first kappa shape index (κ1) is 22.3. The van der Waals surface area contributed by atoms with E-state index < -0.39 is 12.0 Å². The molecule has 0 bridgehead atoms. The third-order valence-corrected chi connectivity index (χ3v) is 4.84. The Kier molecular flexibility index (Phi) is 13.3. The lowest BCUT2D eigenvalue weighted by Gasteiger charge is -2.20. The maximum Gasteiger partial charge on any atom is 0.329 e. The first-order valence-electron chi connectivity index (χ1n) is 8.08. The van der Waals surface area contributed by atoms with E-state index in [2.05, 4.69) is 29.6 Å². The number of methoxy groups -OCH3 is 1. The van der Waals surface area contributed by atoms with E-state index in [0.29, 0.717) is 5.75 Å². The van der Waals surface area contributed by atoms with Gasteiger partial charge in [-0.05, 0) is 6.42 Å². The molecule has 134 valence electrons. The number of carbonyl (C=O) groups is 3. The molecule has 0 spiro atoms. The van der Waals surface area contributed by atoms with Crippen LogP contribution in [0.4, 0.5) is 0 Å². The predicted molar refractivity (Wildman–Crippen MR) is 97.8 cm³/mol. The molecule has 1 N–H and O–H groups in total. The molecular weight excluding hydrogens is 334 g/mol. The molecule has 23 heavy (non-hydrogen) atoms. The number of rotatable bonds is 12. The Labute approximate surface area is 149 Å². The summed E-state index contributed by atoms with van der Waals surface area (Å²) in [5.41, 5.74) is 0. The second kappa shape index (κ2) is 13.7. The van der Waals surface area contributed by atoms with Gasteiger partial charge < -0.3 is 10.1 Å². The van der Waals surface area contributed by atoms with Gasteiger partial charge in [0.15, 0.2) is 5.12 Å². The SMILES string of the molecule is CCCCCCCC(CSC(C)=O)C(=O)N[C@@H](CS)C(=O)OC. The van der Waals surface area contributed by atoms with Gasteiger partial charge in [-0.25, -0.2) is 4.79 Å². The quantitative estimate of drug-likeness (QED) is 0.317. The molecule has 0 saturated heterocycles. The molecule has 1 amide bonds. The average Bonchev–Trinajstić information content (AvgIpc) is 2.53. The van der Waals surface area contributed by atoms with Crippen LogP contribution in [0.3, 0.4) is 0 Å². The smallest absolute Gasteiger partial charge is 0.329 e. The van der Waals surface area contributed by atoms with Crippen molar-refractivity contribution in [2.75, 3.05) is 18.6 Å². The fourth-order valence-corrected chi connectivity index (χ4v) is 3.11. The third-order valence-electron chi connectivity index (χ3n) is 3.50. The third kappa shape index (κ3) is 10.7. The van der Waals surface area contributed by atoms with E-state index in [-0.39, 0.29) is 22.7 Å². The lowest BCUT2D eigenvalue weighted by Crippen LogP contribution is -2.46. The minimum Gasteiger partial charge on any atom is -0.467 e. The Morgan fingerprint density at radius 1 is 1.17 bits per heavy atom. The molecule has 0 aromatic rings. The summed E-state index contributed by atoms with van der Waals surface area (Å²) in [4.78, 5) is 35.1. The molecule has 0 heterocycles. The molecule has 0 aliphatic heterocycles. The molecule has 0 saturated carbocycles. The number of unbranched alkanes of at least 4 members (excludes halogenated alkanes) is 4. The van der Waals surface area contributed by atoms with E-state index in [0.717, 1.165) is 37.4 Å². The highest BCUT2D eigenvalue weighted by molar-refractivity contribution is 8.13. The second-order valence-corrected chi connectivity index (χ2v) is 7.03. The van der Waals surface area contributed by atoms with Crippen molar-refractivity contribution in [3.63, 3.8) is 0 Å². The van der Waals surface area contributed by atoms with E-state index >= 15 is 0 Å². The molecular formula is C16H29NO4S2. The van der Waals surface area contributed by atoms with Crippen LogP contribution in [0.25, 0.3) is 0 Å². The molecule has 0 fully saturated rings. The molecule has 0 rings (SSSR count). The van der Waals surface area contributed by atoms with Crippen LogP contribution in [0, 0.1) is 5.92 Å². The van der Waals surface area contributed by atoms with Crippen LogP contribution in [-0.2, 0) is 19.1 Å². The summed E-state index contributed by atoms with van der Waals surface area (Å²) in [6.07, 6.45) is 6.27. The monoisotopic (exact) mass is 363 g/mol. The zero-order valence-electron chi connectivity index (χ0n) is 14.3. The van der Waals surface area contributed by atoms with Gasteiger partial charge in [0, 0.05) is 24.3 Å². The molecule has 0 aromatic carbocycles. The Morgan fingerprint density at radius 3 is 2.35 bits per heavy atom. The van der Waals surface area contributed by atoms with Crippen LogP contribution in [0.15, 0.2) is 0 Å². The van der Waals surface area contributed by atoms with Gasteiger partial charge in [0.05, 0.1) is 7.11 Å². The molecule has 1 unspecified atom stereocenters. The van der Waals surface area contributed by atoms with Gasteiger partial charge in [0.25, 0.3) is 0 Å². The fraction of sp³-hybridized carbons (Fsp3) is 0.812. The van der Waals surface area contributed by atoms with Gasteiger partial charge in [0.2, 0.25) is 5.91 Å². The van der Waals surface area contributed by atoms with Crippen molar-refractivity contribution in [1.29, 1.82) is 0 Å². The minimum atomic E-state index is -0.749. The standard InChI is InChI=1S/C16H29NO4S2/c1-4-5-6-7-8-9-13(11-23-12(2)18)15(19)17-14(10-22)16(20)21-3/h13-14,22H,4-11H2,1-3H3,(H,17,19)/t13?,14-/m0/s1. The summed E-state index contributed by atoms with van der Waals surface area (Å²) in [6.45, 7) is 3.65. The van der Waals surface area contributed by atoms with Crippen LogP contribution in [-0.4, -0.2) is 41.6 Å². The number of hydrogen-bond acceptors (Lipinski definition) is 6. The predicted octanol–water partition coefficient (Wildman–Crippen LogP) is 2.83. The van der Waals surface area contributed by atoms with Gasteiger partial charge in [0.1, 0.15) is 6.04 Å². The Bertz CT molecular complexity index is 377. The lowest BCUT2D eigenvalue weighted by atomic mass is 10.0. The van der Waals surface area contributed by atoms with E-state index in [1.54, 1.807) is 0 Å². The maximum absolute atomic E-state index is 12.4. The van der Waals surface area contributed by atoms with Crippen molar-refractivity contribution < 1.29 is 19.1 Å². The largest absolute Gasteiger partial charge is 0.467 e. The number of ether oxygens (including phenoxy) is 1. The van der Waals surface area contributed by atoms with Crippen molar-refractivity contribution >= 4 is 41.4 Å². The fourth-order valence-electron chi connectivity index (χ4n) is 2.11. The Hall–Kier alpha value is -0.690. The highest BCUT2D eigenvalue weighted by Crippen LogP contribution is 2.18. The zero-order chi connectivity index (χ0) is 17.7. The molecule has 7 heteroatoms. The second-order valence-electron chi connectivity index (χ2n) is 5.47. The summed E-state index contributed by atoms with van der Waals surface area (Å²) in [6, 6.07) is -0.749. The highest BCUT2D eigenvalue weighted by Gasteiger charge is 2.25. The lowest BCUT2D eigenvalue weighted by molar-refractivity contribution is -0.144. The van der Waals surface area contributed by atoms with Gasteiger partial charge >= 0.3 is 5.97 Å². The van der Waals surface area contributed by atoms with Crippen LogP contribution in [0.5, 0.6) is 0 Å². The number of carbonyl (C=O) groups excluding carboxylic acids is 3. The van der Waals surface area contributed by atoms with E-state index in [4.69, 9.17) is 0 Å². The number of esters is 1. The van der Waals surface area contributed by atoms with E-state index in [9.17, 15) is 14.4 Å². The Morgan fingerprint density at radius 2 is 1.83 bits per heavy atom. The number of amides is 1. The van der Waals surface area contributed by atoms with Crippen molar-refractivity contribution in [3.8, 4) is 0 Å². The highest BCUT2D eigenvalue weighted by atomic mass is 32.2. The van der Waals surface area contributed by atoms with Crippen LogP contribution < -0.4 is 5.32 Å². The number of hydrogen-bond donors (Lipinski definition) is 2. The van der Waals surface area contributed by atoms with E-state index in [1.807, 2.05) is 0 Å². The van der Waals surface area contributed by atoms with E-state index in [1.165, 1.54) is 26.9 Å². The number of thioether (sulfide) groups is 1. The summed E-state index contributed by atoms with van der Waals surface area (Å²) in [5.74, 6) is -0.373. The Balaban J connectivity index is 4.52. The summed E-state index contributed by atoms with van der Waals surface area (Å²) < 4.78 is 4.65. The number of nitrogens with one attached hydrogen (secondary N) is 1. The van der Waals surface area contributed by atoms with Crippen LogP contribution in [0.2, 0.25) is 0 Å². The molecule has 2 atom stereocenters. The van der Waals surface area contributed by atoms with Gasteiger partial charge in [-0.2, -0.15) is 12.6 Å². The summed E-state index contributed by atoms with van der Waals surface area (Å²) in [5, 5.41) is 2.67.